The van der Waals surface area contributed by atoms with Crippen molar-refractivity contribution in [1.82, 2.24) is 9.62 Å². The maximum Gasteiger partial charge on any atom is 0.287 e. The van der Waals surface area contributed by atoms with Crippen molar-refractivity contribution < 1.29 is 31.1 Å². The Morgan fingerprint density at radius 1 is 1.28 bits per heavy atom. The molecular formula is C24H24ClFN4O6S3. The Hall–Kier alpha value is -2.52. The molecule has 208 valence electrons. The summed E-state index contributed by atoms with van der Waals surface area (Å²) >= 11 is 7.31. The van der Waals surface area contributed by atoms with Gasteiger partial charge in [-0.25, -0.2) is 17.5 Å². The Labute approximate surface area is 233 Å². The molecule has 3 N–H and O–H groups in total. The largest absolute Gasteiger partial charge is 0.511 e. The third-order valence-electron chi connectivity index (χ3n) is 7.91. The molecule has 4 unspecified atom stereocenters. The lowest BCUT2D eigenvalue weighted by atomic mass is 9.77. The van der Waals surface area contributed by atoms with Crippen molar-refractivity contribution in [1.29, 1.82) is 0 Å². The highest BCUT2D eigenvalue weighted by Crippen LogP contribution is 2.55. The Morgan fingerprint density at radius 2 is 2.03 bits per heavy atom. The molecule has 15 heteroatoms. The minimum Gasteiger partial charge on any atom is -0.511 e. The van der Waals surface area contributed by atoms with E-state index in [9.17, 15) is 31.1 Å². The van der Waals surface area contributed by atoms with Crippen LogP contribution in [0.25, 0.3) is 0 Å². The van der Waals surface area contributed by atoms with Crippen LogP contribution in [0, 0.1) is 23.6 Å². The fraction of sp³-hybridized carbons (Fsp3) is 0.417. The Morgan fingerprint density at radius 3 is 2.74 bits per heavy atom. The van der Waals surface area contributed by atoms with Crippen LogP contribution in [0.1, 0.15) is 30.4 Å². The van der Waals surface area contributed by atoms with Crippen LogP contribution in [-0.4, -0.2) is 50.9 Å². The van der Waals surface area contributed by atoms with Crippen LogP contribution < -0.4 is 10.0 Å². The first kappa shape index (κ1) is 26.7. The maximum absolute atomic E-state index is 14.0. The zero-order valence-corrected chi connectivity index (χ0v) is 23.7. The molecule has 0 radical (unpaired) electrons. The third-order valence-corrected chi connectivity index (χ3v) is 11.4. The molecule has 1 aromatic carbocycles. The maximum atomic E-state index is 14.0. The number of fused-ring (bicyclic) bond motifs is 6. The smallest absolute Gasteiger partial charge is 0.287 e. The second-order valence-electron chi connectivity index (χ2n) is 10.3. The highest BCUT2D eigenvalue weighted by atomic mass is 35.5. The monoisotopic (exact) mass is 614 g/mol. The van der Waals surface area contributed by atoms with Crippen molar-refractivity contribution >= 4 is 59.7 Å². The minimum atomic E-state index is -4.34. The normalized spacial score (nSPS) is 27.3. The highest BCUT2D eigenvalue weighted by Gasteiger charge is 2.57. The first-order valence-corrected chi connectivity index (χ1v) is 16.8. The summed E-state index contributed by atoms with van der Waals surface area (Å²) in [4.78, 5) is 15.4. The minimum absolute atomic E-state index is 0.0602. The predicted molar refractivity (Wildman–Crippen MR) is 144 cm³/mol. The van der Waals surface area contributed by atoms with E-state index in [0.29, 0.717) is 5.56 Å². The number of hydrogen-bond donors (Lipinski definition) is 3. The number of carbonyl (C=O) groups excluding carboxylic acids is 1. The number of sulfonamides is 2. The van der Waals surface area contributed by atoms with E-state index in [2.05, 4.69) is 14.4 Å². The number of carbonyl (C=O) groups is 1. The SMILES string of the molecule is CS(=O)(=O)NCc1csc2c1S(=O)(=O)N=C(C1=C(O)C3C4CCC(C4)C3N(Cc3ccc(F)cc3Cl)C1=O)N2. The summed E-state index contributed by atoms with van der Waals surface area (Å²) in [5, 5.41) is 16.2. The third kappa shape index (κ3) is 4.55. The van der Waals surface area contributed by atoms with Crippen LogP contribution in [0.5, 0.6) is 0 Å². The first-order chi connectivity index (χ1) is 18.3. The van der Waals surface area contributed by atoms with Gasteiger partial charge in [-0.2, -0.15) is 8.42 Å². The lowest BCUT2D eigenvalue weighted by Gasteiger charge is -2.44. The Balaban J connectivity index is 1.40. The van der Waals surface area contributed by atoms with E-state index in [-0.39, 0.29) is 74.5 Å². The number of rotatable bonds is 6. The number of aliphatic hydroxyl groups is 1. The van der Waals surface area contributed by atoms with Gasteiger partial charge in [-0.05, 0) is 54.2 Å². The molecule has 39 heavy (non-hydrogen) atoms. The first-order valence-electron chi connectivity index (χ1n) is 12.2. The Kier molecular flexibility index (Phi) is 6.34. The van der Waals surface area contributed by atoms with Crippen LogP contribution in [0.4, 0.5) is 9.39 Å². The van der Waals surface area contributed by atoms with E-state index in [1.54, 1.807) is 4.90 Å². The fourth-order valence-corrected chi connectivity index (χ4v) is 9.62. The zero-order valence-electron chi connectivity index (χ0n) is 20.5. The quantitative estimate of drug-likeness (QED) is 0.452. The molecule has 1 aromatic heterocycles. The average molecular weight is 615 g/mol. The summed E-state index contributed by atoms with van der Waals surface area (Å²) < 4.78 is 69.4. The summed E-state index contributed by atoms with van der Waals surface area (Å²) in [5.41, 5.74) is 0.522. The van der Waals surface area contributed by atoms with Crippen LogP contribution >= 0.6 is 22.9 Å². The highest BCUT2D eigenvalue weighted by molar-refractivity contribution is 7.91. The van der Waals surface area contributed by atoms with Gasteiger partial charge in [-0.15, -0.1) is 15.7 Å². The van der Waals surface area contributed by atoms with Crippen molar-refractivity contribution in [3.63, 3.8) is 0 Å². The van der Waals surface area contributed by atoms with Gasteiger partial charge < -0.3 is 15.3 Å². The number of hydrogen-bond acceptors (Lipinski definition) is 8. The van der Waals surface area contributed by atoms with Gasteiger partial charge in [-0.3, -0.25) is 4.79 Å². The molecular weight excluding hydrogens is 591 g/mol. The molecule has 2 fully saturated rings. The van der Waals surface area contributed by atoms with Crippen LogP contribution in [-0.2, 0) is 37.9 Å². The van der Waals surface area contributed by atoms with E-state index in [0.717, 1.165) is 36.9 Å². The second-order valence-corrected chi connectivity index (χ2v) is 15.0. The summed E-state index contributed by atoms with van der Waals surface area (Å²) in [6, 6.07) is 3.64. The lowest BCUT2D eigenvalue weighted by Crippen LogP contribution is -2.53. The van der Waals surface area contributed by atoms with Gasteiger partial charge in [0.25, 0.3) is 15.9 Å². The van der Waals surface area contributed by atoms with Crippen LogP contribution in [0.15, 0.2) is 44.2 Å². The molecule has 2 aliphatic heterocycles. The van der Waals surface area contributed by atoms with E-state index in [1.807, 2.05) is 0 Å². The predicted octanol–water partition coefficient (Wildman–Crippen LogP) is 3.37. The van der Waals surface area contributed by atoms with Crippen LogP contribution in [0.3, 0.4) is 0 Å². The van der Waals surface area contributed by atoms with Gasteiger partial charge >= 0.3 is 0 Å². The molecule has 1 amide bonds. The zero-order chi connectivity index (χ0) is 27.9. The summed E-state index contributed by atoms with van der Waals surface area (Å²) in [6.07, 6.45) is 3.59. The standard InChI is InChI=1S/C24H24ClFN4O6S3/c1-38(33,34)27-8-14-10-37-23-21(14)39(35,36)29-22(28-23)18-20(31)17-11-2-3-12(6-11)19(17)30(24(18)32)9-13-4-5-15(26)7-16(13)25/h4-5,7,10-12,17,19,27,31H,2-3,6,8-9H2,1H3,(H,28,29). The van der Waals surface area contributed by atoms with E-state index in [1.165, 1.54) is 23.6 Å². The number of aliphatic hydroxyl groups excluding tert-OH is 1. The van der Waals surface area contributed by atoms with Crippen molar-refractivity contribution in [2.75, 3.05) is 11.6 Å². The van der Waals surface area contributed by atoms with Gasteiger partial charge in [0.05, 0.1) is 6.26 Å². The molecule has 10 nitrogen and oxygen atoms in total. The van der Waals surface area contributed by atoms with Gasteiger partial charge in [-0.1, -0.05) is 17.7 Å². The van der Waals surface area contributed by atoms with Crippen molar-refractivity contribution in [3.8, 4) is 0 Å². The molecule has 2 aliphatic carbocycles. The van der Waals surface area contributed by atoms with Crippen molar-refractivity contribution in [2.45, 2.75) is 43.3 Å². The van der Waals surface area contributed by atoms with Gasteiger partial charge in [0.1, 0.15) is 27.0 Å². The molecule has 3 heterocycles. The van der Waals surface area contributed by atoms with Gasteiger partial charge in [0.2, 0.25) is 10.0 Å². The number of thiophene rings is 1. The number of nitrogens with one attached hydrogen (secondary N) is 2. The molecule has 4 aliphatic rings. The topological polar surface area (TPSA) is 145 Å². The Bertz CT molecular complexity index is 1690. The molecule has 0 saturated heterocycles. The molecule has 2 aromatic rings. The number of halogens is 2. The van der Waals surface area contributed by atoms with E-state index < -0.39 is 31.8 Å². The average Bonchev–Trinajstić information content (AvgIpc) is 3.56. The number of anilines is 1. The van der Waals surface area contributed by atoms with Gasteiger partial charge in [0.15, 0.2) is 5.84 Å². The molecule has 2 bridgehead atoms. The van der Waals surface area contributed by atoms with Gasteiger partial charge in [0, 0.05) is 35.6 Å². The summed E-state index contributed by atoms with van der Waals surface area (Å²) in [5.74, 6) is -1.66. The van der Waals surface area contributed by atoms with Crippen LogP contribution in [0.2, 0.25) is 5.02 Å². The summed E-state index contributed by atoms with van der Waals surface area (Å²) in [6.45, 7) is -0.187. The number of amidine groups is 1. The molecule has 4 atom stereocenters. The number of amides is 1. The number of nitrogens with zero attached hydrogens (tertiary/aromatic N) is 2. The number of benzene rings is 1. The molecule has 0 spiro atoms. The van der Waals surface area contributed by atoms with Crippen molar-refractivity contribution in [3.05, 3.63) is 56.9 Å². The molecule has 2 saturated carbocycles. The van der Waals surface area contributed by atoms with E-state index in [4.69, 9.17) is 11.6 Å². The van der Waals surface area contributed by atoms with E-state index >= 15 is 0 Å². The lowest BCUT2D eigenvalue weighted by molar-refractivity contribution is -0.134. The van der Waals surface area contributed by atoms with Crippen molar-refractivity contribution in [2.24, 2.45) is 22.2 Å². The summed E-state index contributed by atoms with van der Waals surface area (Å²) in [7, 11) is -7.91. The molecule has 6 rings (SSSR count). The fourth-order valence-electron chi connectivity index (χ4n) is 6.37. The second kappa shape index (κ2) is 9.26.